The van der Waals surface area contributed by atoms with Crippen molar-refractivity contribution in [2.45, 2.75) is 49.7 Å². The van der Waals surface area contributed by atoms with Crippen molar-refractivity contribution < 1.29 is 17.9 Å². The minimum absolute atomic E-state index is 0.125. The zero-order valence-electron chi connectivity index (χ0n) is 22.1. The third kappa shape index (κ3) is 4.47. The van der Waals surface area contributed by atoms with Crippen molar-refractivity contribution in [3.05, 3.63) is 66.9 Å². The molecule has 3 saturated carbocycles. The molecule has 3 aliphatic carbocycles. The van der Waals surface area contributed by atoms with Gasteiger partial charge in [-0.2, -0.15) is 5.10 Å². The summed E-state index contributed by atoms with van der Waals surface area (Å²) in [5.41, 5.74) is 3.30. The Balaban J connectivity index is 1.13. The number of anilines is 2. The first-order valence-electron chi connectivity index (χ1n) is 13.7. The number of nitrogens with one attached hydrogen (secondary N) is 2. The minimum atomic E-state index is -3.47. The molecule has 0 radical (unpaired) electrons. The molecule has 3 fully saturated rings. The Morgan fingerprint density at radius 1 is 1.10 bits per heavy atom. The summed E-state index contributed by atoms with van der Waals surface area (Å²) in [5, 5.41) is 7.21. The summed E-state index contributed by atoms with van der Waals surface area (Å²) in [6.07, 6.45) is 8.88. The molecular formula is C29H30N6O4S. The normalized spacial score (nSPS) is 23.5. The molecule has 0 saturated heterocycles. The number of nitrogens with zero attached hydrogens (tertiary/aromatic N) is 4. The van der Waals surface area contributed by atoms with Crippen molar-refractivity contribution in [1.82, 2.24) is 19.6 Å². The van der Waals surface area contributed by atoms with Crippen LogP contribution in [0.1, 0.15) is 44.7 Å². The fourth-order valence-electron chi connectivity index (χ4n) is 6.01. The van der Waals surface area contributed by atoms with Crippen LogP contribution in [0.3, 0.4) is 0 Å². The summed E-state index contributed by atoms with van der Waals surface area (Å²) < 4.78 is 35.0. The summed E-state index contributed by atoms with van der Waals surface area (Å²) in [4.78, 5) is 22.5. The van der Waals surface area contributed by atoms with Crippen molar-refractivity contribution in [2.75, 3.05) is 16.6 Å². The number of pyridine rings is 1. The summed E-state index contributed by atoms with van der Waals surface area (Å²) in [7, 11) is -3.47. The largest absolute Gasteiger partial charge is 0.494 e. The van der Waals surface area contributed by atoms with Crippen molar-refractivity contribution >= 4 is 33.0 Å². The molecule has 4 aromatic rings. The van der Waals surface area contributed by atoms with Crippen LogP contribution in [-0.4, -0.2) is 45.8 Å². The Kier molecular flexibility index (Phi) is 5.81. The van der Waals surface area contributed by atoms with E-state index in [2.05, 4.69) is 25.1 Å². The molecule has 0 aliphatic heterocycles. The summed E-state index contributed by atoms with van der Waals surface area (Å²) in [6.45, 7) is 2.54. The maximum absolute atomic E-state index is 13.9. The number of fused-ring (bicyclic) bond motifs is 2. The molecule has 3 aliphatic rings. The zero-order valence-corrected chi connectivity index (χ0v) is 22.9. The molecule has 0 spiro atoms. The standard InChI is InChI=1S/C29H30N6O4S/c1-2-39-22-9-10-35-25(12-22)24(16-32-35)18-3-5-21(6-4-18)33-28(36)29(14-19-11-20(19)15-29)26-13-27(31-17-30-26)34-40(37,38)23-7-8-23/h3-6,9-10,12-13,16-17,19-20,23H,2,7-8,11,14-15H2,1H3,(H,33,36)(H,30,31,34). The van der Waals surface area contributed by atoms with E-state index in [1.807, 2.05) is 60.2 Å². The highest BCUT2D eigenvalue weighted by atomic mass is 32.2. The number of amides is 1. The van der Waals surface area contributed by atoms with Crippen LogP contribution in [0.5, 0.6) is 5.75 Å². The van der Waals surface area contributed by atoms with Gasteiger partial charge in [-0.05, 0) is 74.6 Å². The second-order valence-corrected chi connectivity index (χ2v) is 13.1. The Hall–Kier alpha value is -3.99. The predicted molar refractivity (Wildman–Crippen MR) is 151 cm³/mol. The number of ether oxygens (including phenoxy) is 1. The molecule has 0 bridgehead atoms. The predicted octanol–water partition coefficient (Wildman–Crippen LogP) is 4.40. The highest BCUT2D eigenvalue weighted by molar-refractivity contribution is 7.93. The van der Waals surface area contributed by atoms with E-state index < -0.39 is 15.4 Å². The van der Waals surface area contributed by atoms with Gasteiger partial charge in [-0.25, -0.2) is 22.9 Å². The Bertz CT molecular complexity index is 1700. The molecule has 3 aromatic heterocycles. The number of benzene rings is 1. The Morgan fingerprint density at radius 2 is 1.88 bits per heavy atom. The van der Waals surface area contributed by atoms with Crippen molar-refractivity contribution in [3.8, 4) is 16.9 Å². The van der Waals surface area contributed by atoms with Gasteiger partial charge in [0.05, 0.1) is 34.7 Å². The van der Waals surface area contributed by atoms with Gasteiger partial charge in [-0.1, -0.05) is 12.1 Å². The molecule has 11 heteroatoms. The number of aromatic nitrogens is 4. The monoisotopic (exact) mass is 558 g/mol. The van der Waals surface area contributed by atoms with Gasteiger partial charge < -0.3 is 10.1 Å². The van der Waals surface area contributed by atoms with Gasteiger partial charge >= 0.3 is 0 Å². The lowest BCUT2D eigenvalue weighted by molar-refractivity contribution is -0.122. The zero-order chi connectivity index (χ0) is 27.5. The minimum Gasteiger partial charge on any atom is -0.494 e. The maximum atomic E-state index is 13.9. The first-order chi connectivity index (χ1) is 19.3. The van der Waals surface area contributed by atoms with Gasteiger partial charge in [0.1, 0.15) is 17.9 Å². The maximum Gasteiger partial charge on any atom is 0.236 e. The molecule has 2 N–H and O–H groups in total. The van der Waals surface area contributed by atoms with E-state index >= 15 is 0 Å². The average molecular weight is 559 g/mol. The highest BCUT2D eigenvalue weighted by Gasteiger charge is 2.59. The van der Waals surface area contributed by atoms with Crippen LogP contribution in [0.2, 0.25) is 0 Å². The number of sulfonamides is 1. The van der Waals surface area contributed by atoms with Crippen molar-refractivity contribution in [3.63, 3.8) is 0 Å². The fourth-order valence-corrected chi connectivity index (χ4v) is 7.33. The van der Waals surface area contributed by atoms with E-state index in [9.17, 15) is 13.2 Å². The smallest absolute Gasteiger partial charge is 0.236 e. The van der Waals surface area contributed by atoms with Gasteiger partial charge in [0.15, 0.2) is 0 Å². The number of rotatable bonds is 9. The SMILES string of the molecule is CCOc1ccn2ncc(-c3ccc(NC(=O)C4(c5cc(NS(=O)(=O)C6CC6)ncn5)CC5CC5C4)cc3)c2c1. The second kappa shape index (κ2) is 9.29. The van der Waals surface area contributed by atoms with Crippen LogP contribution >= 0.6 is 0 Å². The van der Waals surface area contributed by atoms with E-state index in [0.717, 1.165) is 28.8 Å². The molecule has 40 heavy (non-hydrogen) atoms. The van der Waals surface area contributed by atoms with Crippen LogP contribution in [0.25, 0.3) is 16.6 Å². The van der Waals surface area contributed by atoms with Gasteiger partial charge in [0.25, 0.3) is 0 Å². The lowest BCUT2D eigenvalue weighted by Gasteiger charge is -2.29. The lowest BCUT2D eigenvalue weighted by Crippen LogP contribution is -2.40. The van der Waals surface area contributed by atoms with E-state index in [-0.39, 0.29) is 17.0 Å². The van der Waals surface area contributed by atoms with E-state index in [4.69, 9.17) is 4.74 Å². The fraction of sp³-hybridized carbons (Fsp3) is 0.379. The van der Waals surface area contributed by atoms with Crippen molar-refractivity contribution in [1.29, 1.82) is 0 Å². The average Bonchev–Trinajstić information content (AvgIpc) is 3.86. The number of hydrogen-bond donors (Lipinski definition) is 2. The molecule has 1 aromatic carbocycles. The van der Waals surface area contributed by atoms with Crippen LogP contribution in [0, 0.1) is 11.8 Å². The lowest BCUT2D eigenvalue weighted by atomic mass is 9.78. The molecule has 10 nitrogen and oxygen atoms in total. The van der Waals surface area contributed by atoms with Crippen LogP contribution in [0.4, 0.5) is 11.5 Å². The third-order valence-corrected chi connectivity index (χ3v) is 10.2. The topological polar surface area (TPSA) is 128 Å². The third-order valence-electron chi connectivity index (χ3n) is 8.35. The van der Waals surface area contributed by atoms with Gasteiger partial charge in [0, 0.05) is 29.6 Å². The van der Waals surface area contributed by atoms with E-state index in [1.165, 1.54) is 6.33 Å². The summed E-state index contributed by atoms with van der Waals surface area (Å²) >= 11 is 0. The second-order valence-electron chi connectivity index (χ2n) is 11.1. The molecule has 7 rings (SSSR count). The molecule has 1 amide bonds. The molecular weight excluding hydrogens is 528 g/mol. The summed E-state index contributed by atoms with van der Waals surface area (Å²) in [5.74, 6) is 1.86. The van der Waals surface area contributed by atoms with Gasteiger partial charge in [-0.3, -0.25) is 9.52 Å². The quantitative estimate of drug-likeness (QED) is 0.312. The molecule has 2 atom stereocenters. The van der Waals surface area contributed by atoms with Gasteiger partial charge in [-0.15, -0.1) is 0 Å². The Morgan fingerprint density at radius 3 is 2.60 bits per heavy atom. The number of carbonyl (C=O) groups excluding carboxylic acids is 1. The van der Waals surface area contributed by atoms with Crippen molar-refractivity contribution in [2.24, 2.45) is 11.8 Å². The molecule has 206 valence electrons. The van der Waals surface area contributed by atoms with E-state index in [0.29, 0.717) is 55.5 Å². The summed E-state index contributed by atoms with van der Waals surface area (Å²) in [6, 6.07) is 13.2. The Labute approximate surface area is 232 Å². The molecule has 3 heterocycles. The first-order valence-corrected chi connectivity index (χ1v) is 15.3. The first kappa shape index (κ1) is 25.0. The number of carbonyl (C=O) groups is 1. The van der Waals surface area contributed by atoms with Crippen LogP contribution in [0.15, 0.2) is 61.2 Å². The number of hydrogen-bond acceptors (Lipinski definition) is 7. The van der Waals surface area contributed by atoms with Gasteiger partial charge in [0.2, 0.25) is 15.9 Å². The highest BCUT2D eigenvalue weighted by Crippen LogP contribution is 2.60. The molecule has 2 unspecified atom stereocenters. The van der Waals surface area contributed by atoms with Crippen LogP contribution < -0.4 is 14.8 Å². The van der Waals surface area contributed by atoms with Crippen LogP contribution in [-0.2, 0) is 20.2 Å². The van der Waals surface area contributed by atoms with E-state index in [1.54, 1.807) is 6.07 Å².